The Morgan fingerprint density at radius 2 is 2.24 bits per heavy atom. The van der Waals surface area contributed by atoms with Crippen molar-refractivity contribution in [2.24, 2.45) is 16.7 Å². The summed E-state index contributed by atoms with van der Waals surface area (Å²) >= 11 is 0. The van der Waals surface area contributed by atoms with E-state index in [0.717, 1.165) is 12.8 Å². The summed E-state index contributed by atoms with van der Waals surface area (Å²) in [5, 5.41) is 3.77. The van der Waals surface area contributed by atoms with Crippen molar-refractivity contribution in [2.75, 3.05) is 7.11 Å². The van der Waals surface area contributed by atoms with Gasteiger partial charge in [0.2, 0.25) is 0 Å². The van der Waals surface area contributed by atoms with E-state index in [-0.39, 0.29) is 22.6 Å². The third-order valence-electron chi connectivity index (χ3n) is 6.02. The minimum Gasteiger partial charge on any atom is -0.457 e. The lowest BCUT2D eigenvalue weighted by molar-refractivity contribution is -0.0249. The fourth-order valence-corrected chi connectivity index (χ4v) is 4.12. The highest BCUT2D eigenvalue weighted by Gasteiger charge is 2.62. The quantitative estimate of drug-likeness (QED) is 0.798. The van der Waals surface area contributed by atoms with Crippen LogP contribution in [0.3, 0.4) is 0 Å². The summed E-state index contributed by atoms with van der Waals surface area (Å²) in [5.74, 6) is 0.779. The number of carbonyl (C=O) groups excluding carboxylic acids is 1. The number of fused-ring (bicyclic) bond motifs is 2. The molecular weight excluding hydrogens is 270 g/mol. The van der Waals surface area contributed by atoms with Crippen LogP contribution >= 0.6 is 0 Å². The van der Waals surface area contributed by atoms with Crippen LogP contribution in [0.25, 0.3) is 0 Å². The van der Waals surface area contributed by atoms with Gasteiger partial charge in [-0.1, -0.05) is 25.9 Å². The van der Waals surface area contributed by atoms with E-state index in [1.165, 1.54) is 6.42 Å². The molecule has 1 heterocycles. The predicted molar refractivity (Wildman–Crippen MR) is 75.6 cm³/mol. The highest BCUT2D eigenvalue weighted by atomic mass is 16.6. The first kappa shape index (κ1) is 14.6. The van der Waals surface area contributed by atoms with Gasteiger partial charge in [-0.2, -0.15) is 0 Å². The van der Waals surface area contributed by atoms with Gasteiger partial charge >= 0.3 is 5.97 Å². The molecule has 1 aromatic rings. The van der Waals surface area contributed by atoms with Crippen LogP contribution in [0, 0.1) is 16.7 Å². The smallest absolute Gasteiger partial charge is 0.360 e. The number of methoxy groups -OCH3 is 1. The third-order valence-corrected chi connectivity index (χ3v) is 6.02. The van der Waals surface area contributed by atoms with Gasteiger partial charge in [0.25, 0.3) is 0 Å². The van der Waals surface area contributed by atoms with E-state index in [4.69, 9.17) is 14.0 Å². The third kappa shape index (κ3) is 2.09. The number of esters is 1. The highest BCUT2D eigenvalue weighted by Crippen LogP contribution is 2.66. The van der Waals surface area contributed by atoms with Crippen molar-refractivity contribution < 1.29 is 18.8 Å². The van der Waals surface area contributed by atoms with Gasteiger partial charge in [0.1, 0.15) is 12.7 Å². The topological polar surface area (TPSA) is 61.6 Å². The van der Waals surface area contributed by atoms with Gasteiger partial charge in [-0.25, -0.2) is 4.79 Å². The average molecular weight is 293 g/mol. The Labute approximate surface area is 125 Å². The molecule has 3 unspecified atom stereocenters. The zero-order valence-electron chi connectivity index (χ0n) is 13.1. The van der Waals surface area contributed by atoms with Crippen LogP contribution in [0.5, 0.6) is 0 Å². The number of ether oxygens (including phenoxy) is 2. The van der Waals surface area contributed by atoms with Crippen LogP contribution in [0.15, 0.2) is 10.6 Å². The molecule has 0 aliphatic heterocycles. The van der Waals surface area contributed by atoms with Crippen LogP contribution in [0.1, 0.15) is 56.3 Å². The molecule has 2 aliphatic rings. The molecule has 2 bridgehead atoms. The van der Waals surface area contributed by atoms with Crippen molar-refractivity contribution in [3.63, 3.8) is 0 Å². The monoisotopic (exact) mass is 293 g/mol. The first-order chi connectivity index (χ1) is 9.88. The molecule has 2 fully saturated rings. The molecule has 21 heavy (non-hydrogen) atoms. The van der Waals surface area contributed by atoms with E-state index < -0.39 is 5.97 Å². The summed E-state index contributed by atoms with van der Waals surface area (Å²) in [6, 6.07) is 1.59. The summed E-state index contributed by atoms with van der Waals surface area (Å²) in [7, 11) is 1.57. The molecule has 0 amide bonds. The van der Waals surface area contributed by atoms with Crippen molar-refractivity contribution in [1.82, 2.24) is 5.16 Å². The minimum atomic E-state index is -0.393. The van der Waals surface area contributed by atoms with E-state index in [9.17, 15) is 4.79 Å². The first-order valence-corrected chi connectivity index (χ1v) is 7.54. The van der Waals surface area contributed by atoms with Crippen LogP contribution in [-0.4, -0.2) is 24.3 Å². The molecule has 0 aromatic carbocycles. The van der Waals surface area contributed by atoms with E-state index >= 15 is 0 Å². The summed E-state index contributed by atoms with van der Waals surface area (Å²) in [5.41, 5.74) is 0.515. The standard InChI is InChI=1S/C16H23NO4/c1-15(2)10-5-6-16(15,3)13(7-10)20-14(18)12-8-11(9-19-4)21-17-12/h8,10,13H,5-7,9H2,1-4H3. The van der Waals surface area contributed by atoms with E-state index in [1.807, 2.05) is 0 Å². The fraction of sp³-hybridized carbons (Fsp3) is 0.750. The molecule has 0 N–H and O–H groups in total. The lowest BCUT2D eigenvalue weighted by atomic mass is 9.70. The number of nitrogens with zero attached hydrogens (tertiary/aromatic N) is 1. The van der Waals surface area contributed by atoms with E-state index in [0.29, 0.717) is 18.3 Å². The van der Waals surface area contributed by atoms with Crippen molar-refractivity contribution in [3.8, 4) is 0 Å². The van der Waals surface area contributed by atoms with Crippen LogP contribution in [-0.2, 0) is 16.1 Å². The number of carbonyl (C=O) groups is 1. The molecular formula is C16H23NO4. The van der Waals surface area contributed by atoms with E-state index in [1.54, 1.807) is 13.2 Å². The van der Waals surface area contributed by atoms with Crippen molar-refractivity contribution in [2.45, 2.75) is 52.7 Å². The molecule has 0 spiro atoms. The molecule has 1 aromatic heterocycles. The summed E-state index contributed by atoms with van der Waals surface area (Å²) < 4.78 is 15.8. The molecule has 3 atom stereocenters. The molecule has 116 valence electrons. The maximum Gasteiger partial charge on any atom is 0.360 e. The van der Waals surface area contributed by atoms with Crippen molar-refractivity contribution in [1.29, 1.82) is 0 Å². The molecule has 0 saturated heterocycles. The highest BCUT2D eigenvalue weighted by molar-refractivity contribution is 5.87. The number of aromatic nitrogens is 1. The SMILES string of the molecule is COCc1cc(C(=O)OC2CC3CCC2(C)C3(C)C)no1. The molecule has 5 nitrogen and oxygen atoms in total. The second-order valence-electron chi connectivity index (χ2n) is 7.12. The summed E-state index contributed by atoms with van der Waals surface area (Å²) in [6.07, 6.45) is 3.29. The Balaban J connectivity index is 1.71. The molecule has 0 radical (unpaired) electrons. The van der Waals surface area contributed by atoms with Gasteiger partial charge in [-0.3, -0.25) is 0 Å². The van der Waals surface area contributed by atoms with Gasteiger partial charge < -0.3 is 14.0 Å². The lowest BCUT2D eigenvalue weighted by Crippen LogP contribution is -2.38. The summed E-state index contributed by atoms with van der Waals surface area (Å²) in [4.78, 5) is 12.3. The Morgan fingerprint density at radius 3 is 2.81 bits per heavy atom. The second-order valence-corrected chi connectivity index (χ2v) is 7.12. The molecule has 5 heteroatoms. The normalized spacial score (nSPS) is 33.3. The van der Waals surface area contributed by atoms with Crippen LogP contribution < -0.4 is 0 Å². The van der Waals surface area contributed by atoms with Crippen LogP contribution in [0.4, 0.5) is 0 Å². The fourth-order valence-electron chi connectivity index (χ4n) is 4.12. The maximum atomic E-state index is 12.3. The Hall–Kier alpha value is -1.36. The second kappa shape index (κ2) is 4.83. The van der Waals surface area contributed by atoms with Gasteiger partial charge in [-0.15, -0.1) is 0 Å². The lowest BCUT2D eigenvalue weighted by Gasteiger charge is -2.38. The number of hydrogen-bond acceptors (Lipinski definition) is 5. The van der Waals surface area contributed by atoms with Crippen LogP contribution in [0.2, 0.25) is 0 Å². The average Bonchev–Trinajstić information content (AvgIpc) is 3.02. The zero-order valence-corrected chi connectivity index (χ0v) is 13.1. The molecule has 2 saturated carbocycles. The van der Waals surface area contributed by atoms with Gasteiger partial charge in [-0.05, 0) is 30.6 Å². The van der Waals surface area contributed by atoms with Gasteiger partial charge in [0.05, 0.1) is 0 Å². The number of hydrogen-bond donors (Lipinski definition) is 0. The Kier molecular flexibility index (Phi) is 3.35. The number of rotatable bonds is 4. The van der Waals surface area contributed by atoms with Gasteiger partial charge in [0.15, 0.2) is 11.5 Å². The van der Waals surface area contributed by atoms with E-state index in [2.05, 4.69) is 25.9 Å². The zero-order chi connectivity index (χ0) is 15.3. The Morgan fingerprint density at radius 1 is 1.48 bits per heavy atom. The minimum absolute atomic E-state index is 0.0266. The Bertz CT molecular complexity index is 550. The largest absolute Gasteiger partial charge is 0.457 e. The molecule has 3 rings (SSSR count). The first-order valence-electron chi connectivity index (χ1n) is 7.54. The maximum absolute atomic E-state index is 12.3. The molecule has 2 aliphatic carbocycles. The van der Waals surface area contributed by atoms with Gasteiger partial charge in [0, 0.05) is 18.6 Å². The summed E-state index contributed by atoms with van der Waals surface area (Å²) in [6.45, 7) is 7.14. The van der Waals surface area contributed by atoms with Crippen molar-refractivity contribution in [3.05, 3.63) is 17.5 Å². The van der Waals surface area contributed by atoms with Crippen molar-refractivity contribution >= 4 is 5.97 Å². The predicted octanol–water partition coefficient (Wildman–Crippen LogP) is 3.19.